The first-order valence-electron chi connectivity index (χ1n) is 6.33. The molecule has 0 bridgehead atoms. The Morgan fingerprint density at radius 3 is 2.67 bits per heavy atom. The van der Waals surface area contributed by atoms with Crippen LogP contribution in [-0.2, 0) is 13.0 Å². The van der Waals surface area contributed by atoms with Crippen molar-refractivity contribution in [1.29, 1.82) is 0 Å². The van der Waals surface area contributed by atoms with Gasteiger partial charge in [0.2, 0.25) is 0 Å². The van der Waals surface area contributed by atoms with Crippen molar-refractivity contribution in [2.24, 2.45) is 5.92 Å². The van der Waals surface area contributed by atoms with Crippen molar-refractivity contribution < 1.29 is 5.11 Å². The van der Waals surface area contributed by atoms with Gasteiger partial charge in [-0.3, -0.25) is 0 Å². The number of hydrogen-bond donors (Lipinski definition) is 1. The Hall–Kier alpha value is -1.61. The minimum atomic E-state index is 0.0541. The fraction of sp³-hybridized carbons (Fsp3) is 0.400. The van der Waals surface area contributed by atoms with Crippen molar-refractivity contribution >= 4 is 0 Å². The maximum atomic E-state index is 9.51. The van der Waals surface area contributed by atoms with E-state index >= 15 is 0 Å². The summed E-state index contributed by atoms with van der Waals surface area (Å²) in [6, 6.07) is 6.28. The Kier molecular flexibility index (Phi) is 3.82. The molecule has 0 saturated heterocycles. The number of benzene rings is 1. The maximum Gasteiger partial charge on any atom is 0.0995 e. The zero-order valence-electron chi connectivity index (χ0n) is 11.2. The third-order valence-electron chi connectivity index (χ3n) is 2.95. The third-order valence-corrected chi connectivity index (χ3v) is 2.95. The van der Waals surface area contributed by atoms with E-state index in [1.165, 1.54) is 5.56 Å². The van der Waals surface area contributed by atoms with Crippen LogP contribution in [0.15, 0.2) is 30.7 Å². The highest BCUT2D eigenvalue weighted by Crippen LogP contribution is 2.19. The highest BCUT2D eigenvalue weighted by molar-refractivity contribution is 5.43. The molecule has 96 valence electrons. The first-order valence-corrected chi connectivity index (χ1v) is 6.33. The van der Waals surface area contributed by atoms with Gasteiger partial charge in [-0.25, -0.2) is 4.98 Å². The SMILES string of the molecule is Cc1cn(-c2ccc(CC(C)C)cc2CO)cn1. The molecule has 2 aromatic rings. The van der Waals surface area contributed by atoms with Crippen LogP contribution in [0.4, 0.5) is 0 Å². The van der Waals surface area contributed by atoms with Gasteiger partial charge in [0.15, 0.2) is 0 Å². The minimum Gasteiger partial charge on any atom is -0.392 e. The Labute approximate surface area is 108 Å². The van der Waals surface area contributed by atoms with Crippen molar-refractivity contribution in [3.63, 3.8) is 0 Å². The van der Waals surface area contributed by atoms with E-state index in [2.05, 4.69) is 37.0 Å². The number of aliphatic hydroxyl groups is 1. The number of rotatable bonds is 4. The molecule has 0 fully saturated rings. The molecule has 2 rings (SSSR count). The van der Waals surface area contributed by atoms with Crippen LogP contribution < -0.4 is 0 Å². The Balaban J connectivity index is 2.37. The summed E-state index contributed by atoms with van der Waals surface area (Å²) in [6.07, 6.45) is 4.79. The van der Waals surface area contributed by atoms with E-state index in [0.717, 1.165) is 23.4 Å². The second kappa shape index (κ2) is 5.36. The number of nitrogens with zero attached hydrogens (tertiary/aromatic N) is 2. The Morgan fingerprint density at radius 1 is 1.33 bits per heavy atom. The van der Waals surface area contributed by atoms with Crippen molar-refractivity contribution in [1.82, 2.24) is 9.55 Å². The quantitative estimate of drug-likeness (QED) is 0.898. The summed E-state index contributed by atoms with van der Waals surface area (Å²) in [4.78, 5) is 4.22. The highest BCUT2D eigenvalue weighted by Gasteiger charge is 2.07. The van der Waals surface area contributed by atoms with Gasteiger partial charge < -0.3 is 9.67 Å². The average molecular weight is 244 g/mol. The van der Waals surface area contributed by atoms with Crippen LogP contribution in [0.25, 0.3) is 5.69 Å². The molecule has 0 spiro atoms. The van der Waals surface area contributed by atoms with Crippen molar-refractivity contribution in [2.75, 3.05) is 0 Å². The lowest BCUT2D eigenvalue weighted by atomic mass is 10.00. The van der Waals surface area contributed by atoms with Gasteiger partial charge in [0.25, 0.3) is 0 Å². The van der Waals surface area contributed by atoms with E-state index < -0.39 is 0 Å². The first-order chi connectivity index (χ1) is 8.60. The predicted octanol–water partition coefficient (Wildman–Crippen LogP) is 2.87. The Bertz CT molecular complexity index is 529. The molecule has 1 N–H and O–H groups in total. The molecule has 0 aliphatic carbocycles. The fourth-order valence-corrected chi connectivity index (χ4v) is 2.17. The number of aliphatic hydroxyl groups excluding tert-OH is 1. The molecular weight excluding hydrogens is 224 g/mol. The molecule has 3 nitrogen and oxygen atoms in total. The van der Waals surface area contributed by atoms with Crippen LogP contribution >= 0.6 is 0 Å². The predicted molar refractivity (Wildman–Crippen MR) is 72.8 cm³/mol. The molecule has 1 aromatic heterocycles. The lowest BCUT2D eigenvalue weighted by Gasteiger charge is -2.12. The van der Waals surface area contributed by atoms with Crippen LogP contribution in [0.3, 0.4) is 0 Å². The molecule has 0 saturated carbocycles. The van der Waals surface area contributed by atoms with E-state index in [9.17, 15) is 5.11 Å². The van der Waals surface area contributed by atoms with Crippen LogP contribution in [0.1, 0.15) is 30.7 Å². The summed E-state index contributed by atoms with van der Waals surface area (Å²) in [5, 5.41) is 9.51. The van der Waals surface area contributed by atoms with Crippen LogP contribution in [0.2, 0.25) is 0 Å². The van der Waals surface area contributed by atoms with E-state index in [0.29, 0.717) is 5.92 Å². The largest absolute Gasteiger partial charge is 0.392 e. The third kappa shape index (κ3) is 2.79. The van der Waals surface area contributed by atoms with Crippen molar-refractivity contribution in [3.05, 3.63) is 47.5 Å². The first kappa shape index (κ1) is 12.8. The zero-order valence-corrected chi connectivity index (χ0v) is 11.2. The molecule has 1 heterocycles. The maximum absolute atomic E-state index is 9.51. The molecular formula is C15H20N2O. The summed E-state index contributed by atoms with van der Waals surface area (Å²) in [5.41, 5.74) is 4.20. The number of aromatic nitrogens is 2. The summed E-state index contributed by atoms with van der Waals surface area (Å²) >= 11 is 0. The van der Waals surface area contributed by atoms with Crippen LogP contribution in [0, 0.1) is 12.8 Å². The normalized spacial score (nSPS) is 11.2. The van der Waals surface area contributed by atoms with Gasteiger partial charge in [0.1, 0.15) is 0 Å². The van der Waals surface area contributed by atoms with Gasteiger partial charge in [0, 0.05) is 11.8 Å². The molecule has 0 aliphatic rings. The van der Waals surface area contributed by atoms with E-state index in [4.69, 9.17) is 0 Å². The second-order valence-corrected chi connectivity index (χ2v) is 5.14. The Morgan fingerprint density at radius 2 is 2.11 bits per heavy atom. The summed E-state index contributed by atoms with van der Waals surface area (Å²) in [7, 11) is 0. The summed E-state index contributed by atoms with van der Waals surface area (Å²) < 4.78 is 1.96. The topological polar surface area (TPSA) is 38.0 Å². The smallest absolute Gasteiger partial charge is 0.0995 e. The molecule has 18 heavy (non-hydrogen) atoms. The molecule has 0 aliphatic heterocycles. The minimum absolute atomic E-state index is 0.0541. The van der Waals surface area contributed by atoms with Gasteiger partial charge in [-0.15, -0.1) is 0 Å². The van der Waals surface area contributed by atoms with Crippen LogP contribution in [0.5, 0.6) is 0 Å². The monoisotopic (exact) mass is 244 g/mol. The van der Waals surface area contributed by atoms with Gasteiger partial charge in [0.05, 0.1) is 24.3 Å². The highest BCUT2D eigenvalue weighted by atomic mass is 16.3. The van der Waals surface area contributed by atoms with Gasteiger partial charge >= 0.3 is 0 Å². The number of hydrogen-bond acceptors (Lipinski definition) is 2. The molecule has 0 amide bonds. The van der Waals surface area contributed by atoms with Crippen molar-refractivity contribution in [2.45, 2.75) is 33.8 Å². The number of imidazole rings is 1. The lowest BCUT2D eigenvalue weighted by molar-refractivity contribution is 0.281. The van der Waals surface area contributed by atoms with E-state index in [1.54, 1.807) is 6.33 Å². The molecule has 0 unspecified atom stereocenters. The van der Waals surface area contributed by atoms with Crippen molar-refractivity contribution in [3.8, 4) is 5.69 Å². The molecule has 0 radical (unpaired) electrons. The summed E-state index contributed by atoms with van der Waals surface area (Å²) in [6.45, 7) is 6.41. The van der Waals surface area contributed by atoms with Crippen LogP contribution in [-0.4, -0.2) is 14.7 Å². The standard InChI is InChI=1S/C15H20N2O/c1-11(2)6-13-4-5-15(14(7-13)9-18)17-8-12(3)16-10-17/h4-5,7-8,10-11,18H,6,9H2,1-3H3. The average Bonchev–Trinajstić information content (AvgIpc) is 2.74. The molecule has 0 atom stereocenters. The molecule has 3 heteroatoms. The zero-order chi connectivity index (χ0) is 13.1. The van der Waals surface area contributed by atoms with E-state index in [-0.39, 0.29) is 6.61 Å². The second-order valence-electron chi connectivity index (χ2n) is 5.14. The number of aryl methyl sites for hydroxylation is 1. The lowest BCUT2D eigenvalue weighted by Crippen LogP contribution is -2.01. The summed E-state index contributed by atoms with van der Waals surface area (Å²) in [5.74, 6) is 0.623. The van der Waals surface area contributed by atoms with Gasteiger partial charge in [-0.05, 0) is 30.9 Å². The van der Waals surface area contributed by atoms with Gasteiger partial charge in [-0.1, -0.05) is 26.0 Å². The fourth-order valence-electron chi connectivity index (χ4n) is 2.17. The molecule has 1 aromatic carbocycles. The van der Waals surface area contributed by atoms with Gasteiger partial charge in [-0.2, -0.15) is 0 Å². The van der Waals surface area contributed by atoms with E-state index in [1.807, 2.05) is 17.7 Å².